The van der Waals surface area contributed by atoms with Crippen LogP contribution in [0.25, 0.3) is 11.2 Å². The molecule has 0 amide bonds. The highest BCUT2D eigenvalue weighted by Gasteiger charge is 2.10. The van der Waals surface area contributed by atoms with Gasteiger partial charge in [0.15, 0.2) is 5.65 Å². The lowest BCUT2D eigenvalue weighted by atomic mass is 10.4. The van der Waals surface area contributed by atoms with Crippen LogP contribution >= 0.6 is 0 Å². The van der Waals surface area contributed by atoms with E-state index in [1.54, 1.807) is 6.20 Å². The lowest BCUT2D eigenvalue weighted by Gasteiger charge is -2.16. The van der Waals surface area contributed by atoms with Crippen LogP contribution in [0.3, 0.4) is 0 Å². The van der Waals surface area contributed by atoms with Gasteiger partial charge in [0, 0.05) is 33.4 Å². The normalized spacial score (nSPS) is 10.9. The number of aromatic nitrogens is 3. The van der Waals surface area contributed by atoms with E-state index in [1.165, 1.54) is 0 Å². The second-order valence-corrected chi connectivity index (χ2v) is 3.53. The third-order valence-electron chi connectivity index (χ3n) is 2.41. The molecule has 2 heterocycles. The average molecular weight is 205 g/mol. The molecule has 0 bridgehead atoms. The van der Waals surface area contributed by atoms with Gasteiger partial charge in [-0.15, -0.1) is 0 Å². The van der Waals surface area contributed by atoms with Gasteiger partial charge >= 0.3 is 0 Å². The first-order valence-electron chi connectivity index (χ1n) is 4.92. The van der Waals surface area contributed by atoms with E-state index in [2.05, 4.69) is 9.97 Å². The van der Waals surface area contributed by atoms with Crippen LogP contribution in [0.4, 0.5) is 5.95 Å². The molecule has 2 aromatic rings. The standard InChI is InChI=1S/C10H15N5/c1-14(7-5-11)10-13-8-4-3-6-12-9(8)15(10)2/h3-4,6H,5,7,11H2,1-2H3. The number of rotatable bonds is 3. The van der Waals surface area contributed by atoms with Gasteiger partial charge in [-0.2, -0.15) is 0 Å². The van der Waals surface area contributed by atoms with Gasteiger partial charge in [-0.25, -0.2) is 9.97 Å². The molecule has 2 rings (SSSR count). The van der Waals surface area contributed by atoms with E-state index in [9.17, 15) is 0 Å². The third-order valence-corrected chi connectivity index (χ3v) is 2.41. The van der Waals surface area contributed by atoms with Gasteiger partial charge in [-0.3, -0.25) is 4.57 Å². The number of fused-ring (bicyclic) bond motifs is 1. The zero-order chi connectivity index (χ0) is 10.8. The SMILES string of the molecule is CN(CCN)c1nc2cccnc2n1C. The zero-order valence-corrected chi connectivity index (χ0v) is 9.01. The van der Waals surface area contributed by atoms with Crippen molar-refractivity contribution in [2.24, 2.45) is 12.8 Å². The van der Waals surface area contributed by atoms with Crippen molar-refractivity contribution in [1.82, 2.24) is 14.5 Å². The predicted molar refractivity (Wildman–Crippen MR) is 60.8 cm³/mol. The molecule has 2 N–H and O–H groups in total. The van der Waals surface area contributed by atoms with E-state index in [0.717, 1.165) is 23.7 Å². The van der Waals surface area contributed by atoms with Crippen LogP contribution < -0.4 is 10.6 Å². The van der Waals surface area contributed by atoms with Crippen molar-refractivity contribution in [2.75, 3.05) is 25.0 Å². The molecule has 5 heteroatoms. The Morgan fingerprint density at radius 3 is 3.00 bits per heavy atom. The van der Waals surface area contributed by atoms with Crippen molar-refractivity contribution in [3.05, 3.63) is 18.3 Å². The summed E-state index contributed by atoms with van der Waals surface area (Å²) in [6.45, 7) is 1.41. The van der Waals surface area contributed by atoms with Crippen LogP contribution in [0.2, 0.25) is 0 Å². The van der Waals surface area contributed by atoms with Crippen LogP contribution in [-0.2, 0) is 7.05 Å². The number of aryl methyl sites for hydroxylation is 1. The van der Waals surface area contributed by atoms with Gasteiger partial charge in [-0.1, -0.05) is 0 Å². The molecule has 0 atom stereocenters. The van der Waals surface area contributed by atoms with Gasteiger partial charge in [0.2, 0.25) is 5.95 Å². The van der Waals surface area contributed by atoms with Crippen molar-refractivity contribution in [3.8, 4) is 0 Å². The molecule has 0 radical (unpaired) electrons. The molecule has 0 aliphatic carbocycles. The number of anilines is 1. The van der Waals surface area contributed by atoms with E-state index in [-0.39, 0.29) is 0 Å². The van der Waals surface area contributed by atoms with Crippen LogP contribution in [0.1, 0.15) is 0 Å². The lowest BCUT2D eigenvalue weighted by molar-refractivity contribution is 0.805. The molecule has 0 saturated heterocycles. The molecule has 0 saturated carbocycles. The maximum atomic E-state index is 5.52. The molecule has 2 aromatic heterocycles. The summed E-state index contributed by atoms with van der Waals surface area (Å²) in [5.41, 5.74) is 7.33. The predicted octanol–water partition coefficient (Wildman–Crippen LogP) is 0.363. The molecular formula is C10H15N5. The van der Waals surface area contributed by atoms with Crippen LogP contribution in [0, 0.1) is 0 Å². The van der Waals surface area contributed by atoms with Crippen molar-refractivity contribution in [2.45, 2.75) is 0 Å². The fraction of sp³-hybridized carbons (Fsp3) is 0.400. The van der Waals surface area contributed by atoms with Gasteiger partial charge in [0.25, 0.3) is 0 Å². The molecule has 0 aliphatic rings. The summed E-state index contributed by atoms with van der Waals surface area (Å²) in [6.07, 6.45) is 1.77. The van der Waals surface area contributed by atoms with Gasteiger partial charge in [-0.05, 0) is 12.1 Å². The smallest absolute Gasteiger partial charge is 0.207 e. The number of nitrogens with zero attached hydrogens (tertiary/aromatic N) is 4. The summed E-state index contributed by atoms with van der Waals surface area (Å²) in [5, 5.41) is 0. The van der Waals surface area contributed by atoms with Gasteiger partial charge in [0.05, 0.1) is 0 Å². The highest BCUT2D eigenvalue weighted by atomic mass is 15.3. The van der Waals surface area contributed by atoms with Gasteiger partial charge < -0.3 is 10.6 Å². The Morgan fingerprint density at radius 1 is 1.53 bits per heavy atom. The summed E-state index contributed by atoms with van der Waals surface area (Å²) < 4.78 is 1.98. The monoisotopic (exact) mass is 205 g/mol. The first kappa shape index (κ1) is 9.92. The number of hydrogen-bond donors (Lipinski definition) is 1. The summed E-state index contributed by atoms with van der Waals surface area (Å²) in [6, 6.07) is 3.85. The van der Waals surface area contributed by atoms with E-state index in [1.807, 2.05) is 35.7 Å². The lowest BCUT2D eigenvalue weighted by Crippen LogP contribution is -2.27. The molecule has 0 unspecified atom stereocenters. The molecule has 0 spiro atoms. The summed E-state index contributed by atoms with van der Waals surface area (Å²) >= 11 is 0. The second kappa shape index (κ2) is 3.86. The van der Waals surface area contributed by atoms with E-state index in [4.69, 9.17) is 5.73 Å². The molecular weight excluding hydrogens is 190 g/mol. The first-order valence-corrected chi connectivity index (χ1v) is 4.92. The third kappa shape index (κ3) is 1.66. The van der Waals surface area contributed by atoms with Crippen molar-refractivity contribution in [3.63, 3.8) is 0 Å². The summed E-state index contributed by atoms with van der Waals surface area (Å²) in [4.78, 5) is 10.8. The van der Waals surface area contributed by atoms with Crippen LogP contribution in [0.15, 0.2) is 18.3 Å². The Labute approximate surface area is 88.5 Å². The molecule has 0 fully saturated rings. The molecule has 0 aliphatic heterocycles. The minimum absolute atomic E-state index is 0.618. The maximum absolute atomic E-state index is 5.52. The Morgan fingerprint density at radius 2 is 2.33 bits per heavy atom. The Kier molecular flexibility index (Phi) is 2.55. The van der Waals surface area contributed by atoms with Crippen molar-refractivity contribution < 1.29 is 0 Å². The Balaban J connectivity index is 2.48. The van der Waals surface area contributed by atoms with E-state index >= 15 is 0 Å². The fourth-order valence-electron chi connectivity index (χ4n) is 1.65. The number of hydrogen-bond acceptors (Lipinski definition) is 4. The maximum Gasteiger partial charge on any atom is 0.207 e. The van der Waals surface area contributed by atoms with E-state index in [0.29, 0.717) is 6.54 Å². The average Bonchev–Trinajstić information content (AvgIpc) is 2.57. The van der Waals surface area contributed by atoms with Crippen LogP contribution in [-0.4, -0.2) is 34.7 Å². The zero-order valence-electron chi connectivity index (χ0n) is 9.01. The minimum Gasteiger partial charge on any atom is -0.344 e. The molecule has 15 heavy (non-hydrogen) atoms. The Hall–Kier alpha value is -1.62. The quantitative estimate of drug-likeness (QED) is 0.786. The largest absolute Gasteiger partial charge is 0.344 e. The molecule has 5 nitrogen and oxygen atoms in total. The van der Waals surface area contributed by atoms with Gasteiger partial charge in [0.1, 0.15) is 5.52 Å². The number of pyridine rings is 1. The topological polar surface area (TPSA) is 60.0 Å². The van der Waals surface area contributed by atoms with Crippen LogP contribution in [0.5, 0.6) is 0 Å². The first-order chi connectivity index (χ1) is 7.24. The van der Waals surface area contributed by atoms with E-state index < -0.39 is 0 Å². The van der Waals surface area contributed by atoms with Crippen molar-refractivity contribution in [1.29, 1.82) is 0 Å². The number of nitrogens with two attached hydrogens (primary N) is 1. The molecule has 80 valence electrons. The van der Waals surface area contributed by atoms with Crippen molar-refractivity contribution >= 4 is 17.1 Å². The molecule has 0 aromatic carbocycles. The number of likely N-dealkylation sites (N-methyl/N-ethyl adjacent to an activating group) is 1. The summed E-state index contributed by atoms with van der Waals surface area (Å²) in [7, 11) is 3.94. The highest BCUT2D eigenvalue weighted by Crippen LogP contribution is 2.17. The minimum atomic E-state index is 0.618. The summed E-state index contributed by atoms with van der Waals surface area (Å²) in [5.74, 6) is 0.897. The second-order valence-electron chi connectivity index (χ2n) is 3.53. The number of imidazole rings is 1. The Bertz CT molecular complexity index is 462. The fourth-order valence-corrected chi connectivity index (χ4v) is 1.65. The highest BCUT2D eigenvalue weighted by molar-refractivity contribution is 5.74.